The van der Waals surface area contributed by atoms with Crippen molar-refractivity contribution < 1.29 is 9.59 Å². The predicted octanol–water partition coefficient (Wildman–Crippen LogP) is 0.162. The van der Waals surface area contributed by atoms with Crippen molar-refractivity contribution in [3.63, 3.8) is 0 Å². The largest absolute Gasteiger partial charge is 0.368 e. The lowest BCUT2D eigenvalue weighted by molar-refractivity contribution is -0.141. The van der Waals surface area contributed by atoms with Crippen molar-refractivity contribution in [2.45, 2.75) is 38.4 Å². The molecule has 4 N–H and O–H groups in total. The Hall–Kier alpha value is -1.88. The average molecular weight is 261 g/mol. The first kappa shape index (κ1) is 13.5. The Kier molecular flexibility index (Phi) is 3.85. The van der Waals surface area contributed by atoms with Crippen molar-refractivity contribution in [1.29, 1.82) is 0 Å². The summed E-state index contributed by atoms with van der Waals surface area (Å²) in [5.41, 5.74) is 13.3. The minimum atomic E-state index is -0.597. The van der Waals surface area contributed by atoms with E-state index >= 15 is 0 Å². The zero-order valence-corrected chi connectivity index (χ0v) is 11.0. The second kappa shape index (κ2) is 5.40. The summed E-state index contributed by atoms with van der Waals surface area (Å²) in [5, 5.41) is 0. The van der Waals surface area contributed by atoms with Gasteiger partial charge in [0.15, 0.2) is 0 Å². The molecule has 0 radical (unpaired) electrons. The highest BCUT2D eigenvalue weighted by molar-refractivity contribution is 5.89. The van der Waals surface area contributed by atoms with Crippen LogP contribution in [0.15, 0.2) is 24.3 Å². The third kappa shape index (κ3) is 2.61. The molecule has 1 aliphatic heterocycles. The molecule has 1 heterocycles. The first-order chi connectivity index (χ1) is 9.04. The average Bonchev–Trinajstić information content (AvgIpc) is 2.44. The van der Waals surface area contributed by atoms with Gasteiger partial charge in [0.1, 0.15) is 6.04 Å². The van der Waals surface area contributed by atoms with Gasteiger partial charge in [-0.25, -0.2) is 0 Å². The molecule has 5 heteroatoms. The lowest BCUT2D eigenvalue weighted by Crippen LogP contribution is -2.55. The van der Waals surface area contributed by atoms with Crippen molar-refractivity contribution in [3.8, 4) is 0 Å². The predicted molar refractivity (Wildman–Crippen MR) is 71.9 cm³/mol. The number of fused-ring (bicyclic) bond motifs is 1. The van der Waals surface area contributed by atoms with Crippen LogP contribution in [-0.4, -0.2) is 28.8 Å². The molecule has 19 heavy (non-hydrogen) atoms. The van der Waals surface area contributed by atoms with E-state index < -0.39 is 18.0 Å². The van der Waals surface area contributed by atoms with Crippen LogP contribution in [0.2, 0.25) is 0 Å². The lowest BCUT2D eigenvalue weighted by Gasteiger charge is -2.36. The van der Waals surface area contributed by atoms with E-state index in [0.29, 0.717) is 19.4 Å². The van der Waals surface area contributed by atoms with Crippen molar-refractivity contribution in [2.75, 3.05) is 0 Å². The Balaban J connectivity index is 2.31. The first-order valence-electron chi connectivity index (χ1n) is 6.46. The summed E-state index contributed by atoms with van der Waals surface area (Å²) in [4.78, 5) is 25.3. The van der Waals surface area contributed by atoms with Crippen molar-refractivity contribution in [2.24, 2.45) is 11.5 Å². The van der Waals surface area contributed by atoms with Gasteiger partial charge in [-0.05, 0) is 17.5 Å². The fourth-order valence-electron chi connectivity index (χ4n) is 2.40. The minimum Gasteiger partial charge on any atom is -0.368 e. The number of rotatable bonds is 3. The van der Waals surface area contributed by atoms with E-state index in [1.807, 2.05) is 31.2 Å². The molecule has 0 fully saturated rings. The van der Waals surface area contributed by atoms with E-state index in [0.717, 1.165) is 11.1 Å². The molecule has 2 rings (SSSR count). The normalized spacial score (nSPS) is 19.7. The summed E-state index contributed by atoms with van der Waals surface area (Å²) in [6.45, 7) is 2.25. The first-order valence-corrected chi connectivity index (χ1v) is 6.46. The maximum Gasteiger partial charge on any atom is 0.240 e. The number of amides is 2. The smallest absolute Gasteiger partial charge is 0.240 e. The van der Waals surface area contributed by atoms with E-state index in [2.05, 4.69) is 0 Å². The second-order valence-electron chi connectivity index (χ2n) is 4.87. The summed E-state index contributed by atoms with van der Waals surface area (Å²) in [6, 6.07) is 6.60. The molecular weight excluding hydrogens is 242 g/mol. The second-order valence-corrected chi connectivity index (χ2v) is 4.87. The Morgan fingerprint density at radius 3 is 2.58 bits per heavy atom. The summed E-state index contributed by atoms with van der Waals surface area (Å²) in [5.74, 6) is -0.688. The molecule has 1 aliphatic rings. The Morgan fingerprint density at radius 2 is 2.00 bits per heavy atom. The summed E-state index contributed by atoms with van der Waals surface area (Å²) < 4.78 is 0. The Bertz CT molecular complexity index is 501. The molecule has 0 saturated heterocycles. The highest BCUT2D eigenvalue weighted by atomic mass is 16.2. The van der Waals surface area contributed by atoms with Crippen LogP contribution < -0.4 is 11.5 Å². The number of hydrogen-bond donors (Lipinski definition) is 2. The van der Waals surface area contributed by atoms with E-state index in [1.165, 1.54) is 4.90 Å². The van der Waals surface area contributed by atoms with Gasteiger partial charge >= 0.3 is 0 Å². The van der Waals surface area contributed by atoms with E-state index in [-0.39, 0.29) is 5.91 Å². The molecule has 0 aliphatic carbocycles. The molecule has 2 atom stereocenters. The fraction of sp³-hybridized carbons (Fsp3) is 0.429. The fourth-order valence-corrected chi connectivity index (χ4v) is 2.40. The molecule has 2 amide bonds. The maximum absolute atomic E-state index is 12.2. The highest BCUT2D eigenvalue weighted by Crippen LogP contribution is 2.23. The number of primary amides is 1. The molecule has 5 nitrogen and oxygen atoms in total. The van der Waals surface area contributed by atoms with Gasteiger partial charge < -0.3 is 16.4 Å². The molecule has 0 bridgehead atoms. The number of nitrogens with two attached hydrogens (primary N) is 2. The third-order valence-corrected chi connectivity index (χ3v) is 3.62. The summed E-state index contributed by atoms with van der Waals surface area (Å²) >= 11 is 0. The van der Waals surface area contributed by atoms with Gasteiger partial charge in [0.25, 0.3) is 0 Å². The van der Waals surface area contributed by atoms with Crippen LogP contribution in [0.4, 0.5) is 0 Å². The quantitative estimate of drug-likeness (QED) is 0.812. The van der Waals surface area contributed by atoms with Crippen LogP contribution in [-0.2, 0) is 22.6 Å². The molecule has 1 aromatic carbocycles. The zero-order chi connectivity index (χ0) is 14.0. The van der Waals surface area contributed by atoms with Gasteiger partial charge in [-0.1, -0.05) is 31.2 Å². The van der Waals surface area contributed by atoms with Gasteiger partial charge in [0, 0.05) is 13.0 Å². The minimum absolute atomic E-state index is 0.208. The van der Waals surface area contributed by atoms with Crippen LogP contribution in [0.25, 0.3) is 0 Å². The monoisotopic (exact) mass is 261 g/mol. The van der Waals surface area contributed by atoms with Gasteiger partial charge in [-0.2, -0.15) is 0 Å². The van der Waals surface area contributed by atoms with Crippen molar-refractivity contribution in [3.05, 3.63) is 35.4 Å². The lowest BCUT2D eigenvalue weighted by atomic mass is 9.93. The van der Waals surface area contributed by atoms with Gasteiger partial charge in [0.2, 0.25) is 11.8 Å². The number of hydrogen-bond acceptors (Lipinski definition) is 3. The van der Waals surface area contributed by atoms with Crippen molar-refractivity contribution in [1.82, 2.24) is 4.90 Å². The van der Waals surface area contributed by atoms with Gasteiger partial charge in [-0.15, -0.1) is 0 Å². The molecule has 102 valence electrons. The Labute approximate surface area is 112 Å². The van der Waals surface area contributed by atoms with E-state index in [4.69, 9.17) is 11.5 Å². The highest BCUT2D eigenvalue weighted by Gasteiger charge is 2.34. The standard InChI is InChI=1S/C14H19N3O2/c1-2-11(15)14(19)17-8-10-6-4-3-5-9(10)7-12(17)13(16)18/h3-6,11-12H,2,7-8,15H2,1H3,(H2,16,18)/t11-,12+/m1/s1. The molecule has 0 aromatic heterocycles. The van der Waals surface area contributed by atoms with Gasteiger partial charge in [0.05, 0.1) is 6.04 Å². The molecular formula is C14H19N3O2. The van der Waals surface area contributed by atoms with E-state index in [9.17, 15) is 9.59 Å². The summed E-state index contributed by atoms with van der Waals surface area (Å²) in [7, 11) is 0. The molecule has 0 saturated carbocycles. The zero-order valence-electron chi connectivity index (χ0n) is 11.0. The SMILES string of the molecule is CC[C@@H](N)C(=O)N1Cc2ccccc2C[C@H]1C(N)=O. The number of benzene rings is 1. The Morgan fingerprint density at radius 1 is 1.37 bits per heavy atom. The van der Waals surface area contributed by atoms with Crippen molar-refractivity contribution >= 4 is 11.8 Å². The van der Waals surface area contributed by atoms with E-state index in [1.54, 1.807) is 0 Å². The van der Waals surface area contributed by atoms with Crippen LogP contribution >= 0.6 is 0 Å². The summed E-state index contributed by atoms with van der Waals surface area (Å²) in [6.07, 6.45) is 1.01. The van der Waals surface area contributed by atoms with Crippen LogP contribution in [0.1, 0.15) is 24.5 Å². The number of carbonyl (C=O) groups excluding carboxylic acids is 2. The number of nitrogens with zero attached hydrogens (tertiary/aromatic N) is 1. The van der Waals surface area contributed by atoms with Gasteiger partial charge in [-0.3, -0.25) is 9.59 Å². The van der Waals surface area contributed by atoms with Crippen LogP contribution in [0.3, 0.4) is 0 Å². The molecule has 0 unspecified atom stereocenters. The topological polar surface area (TPSA) is 89.4 Å². The third-order valence-electron chi connectivity index (χ3n) is 3.62. The molecule has 0 spiro atoms. The number of carbonyl (C=O) groups is 2. The molecule has 1 aromatic rings. The van der Waals surface area contributed by atoms with Crippen LogP contribution in [0.5, 0.6) is 0 Å². The van der Waals surface area contributed by atoms with Crippen LogP contribution in [0, 0.1) is 0 Å². The maximum atomic E-state index is 12.2.